The molecule has 0 spiro atoms. The molecule has 0 aliphatic carbocycles. The molecular formula is C27H28ClN3O2. The third kappa shape index (κ3) is 4.51. The molecule has 0 unspecified atom stereocenters. The van der Waals surface area contributed by atoms with E-state index in [4.69, 9.17) is 11.6 Å². The third-order valence-electron chi connectivity index (χ3n) is 6.27. The van der Waals surface area contributed by atoms with Gasteiger partial charge in [-0.1, -0.05) is 30.7 Å². The van der Waals surface area contributed by atoms with Gasteiger partial charge in [0.25, 0.3) is 5.91 Å². The van der Waals surface area contributed by atoms with Crippen molar-refractivity contribution in [2.75, 3.05) is 16.3 Å². The molecule has 2 aromatic carbocycles. The van der Waals surface area contributed by atoms with Crippen LogP contribution < -0.4 is 9.80 Å². The Morgan fingerprint density at radius 2 is 1.76 bits per heavy atom. The number of hydrogen-bond donors (Lipinski definition) is 0. The Kier molecular flexibility index (Phi) is 6.80. The lowest BCUT2D eigenvalue weighted by Gasteiger charge is -2.39. The molecule has 0 saturated carbocycles. The molecule has 0 fully saturated rings. The summed E-state index contributed by atoms with van der Waals surface area (Å²) in [7, 11) is 0. The van der Waals surface area contributed by atoms with E-state index in [1.165, 1.54) is 5.56 Å². The average molecular weight is 462 g/mol. The Morgan fingerprint density at radius 3 is 2.39 bits per heavy atom. The molecule has 170 valence electrons. The van der Waals surface area contributed by atoms with Gasteiger partial charge in [0.05, 0.1) is 17.3 Å². The Hall–Kier alpha value is -3.18. The minimum absolute atomic E-state index is 0.0222. The first-order chi connectivity index (χ1) is 15.9. The summed E-state index contributed by atoms with van der Waals surface area (Å²) in [6, 6.07) is 18.5. The lowest BCUT2D eigenvalue weighted by Crippen LogP contribution is -2.47. The average Bonchev–Trinajstić information content (AvgIpc) is 2.84. The van der Waals surface area contributed by atoms with Crippen molar-refractivity contribution in [2.24, 2.45) is 0 Å². The van der Waals surface area contributed by atoms with Crippen LogP contribution in [-0.4, -0.2) is 29.4 Å². The van der Waals surface area contributed by atoms with E-state index in [0.29, 0.717) is 34.9 Å². The van der Waals surface area contributed by atoms with Crippen LogP contribution in [0.3, 0.4) is 0 Å². The number of anilines is 2. The number of aromatic nitrogens is 1. The standard InChI is InChI=1S/C27H28ClN3O2/c1-4-19-8-10-20(11-9-19)26(32)31-18(3)17-23(25-24(31)7-6-16-29-25)27(33)30(5-2)22-14-12-21(28)13-15-22/h6-16,18,23H,4-5,17H2,1-3H3/t18-,23-/m0/s1. The van der Waals surface area contributed by atoms with Crippen LogP contribution in [0.1, 0.15) is 54.7 Å². The number of carbonyl (C=O) groups excluding carboxylic acids is 2. The molecule has 0 saturated heterocycles. The smallest absolute Gasteiger partial charge is 0.258 e. The monoisotopic (exact) mass is 461 g/mol. The van der Waals surface area contributed by atoms with Gasteiger partial charge in [0.15, 0.2) is 0 Å². The first-order valence-electron chi connectivity index (χ1n) is 11.4. The summed E-state index contributed by atoms with van der Waals surface area (Å²) in [6.07, 6.45) is 3.12. The van der Waals surface area contributed by atoms with E-state index < -0.39 is 5.92 Å². The maximum absolute atomic E-state index is 13.7. The normalized spacial score (nSPS) is 17.4. The van der Waals surface area contributed by atoms with Crippen molar-refractivity contribution >= 4 is 34.8 Å². The molecule has 0 radical (unpaired) electrons. The maximum Gasteiger partial charge on any atom is 0.258 e. The van der Waals surface area contributed by atoms with Gasteiger partial charge in [0.2, 0.25) is 5.91 Å². The fourth-order valence-electron chi connectivity index (χ4n) is 4.50. The van der Waals surface area contributed by atoms with Crippen LogP contribution in [0.25, 0.3) is 0 Å². The summed E-state index contributed by atoms with van der Waals surface area (Å²) < 4.78 is 0. The van der Waals surface area contributed by atoms with Crippen molar-refractivity contribution < 1.29 is 9.59 Å². The summed E-state index contributed by atoms with van der Waals surface area (Å²) in [6.45, 7) is 6.56. The molecular weight excluding hydrogens is 434 g/mol. The zero-order chi connectivity index (χ0) is 23.5. The minimum Gasteiger partial charge on any atom is -0.312 e. The summed E-state index contributed by atoms with van der Waals surface area (Å²) in [5.74, 6) is -0.528. The molecule has 0 N–H and O–H groups in total. The number of nitrogens with zero attached hydrogens (tertiary/aromatic N) is 3. The Bertz CT molecular complexity index is 1140. The number of rotatable bonds is 5. The highest BCUT2D eigenvalue weighted by molar-refractivity contribution is 6.30. The number of pyridine rings is 1. The Labute approximate surface area is 200 Å². The molecule has 1 aromatic heterocycles. The second-order valence-electron chi connectivity index (χ2n) is 8.33. The van der Waals surface area contributed by atoms with Crippen molar-refractivity contribution in [3.8, 4) is 0 Å². The molecule has 1 aliphatic rings. The van der Waals surface area contributed by atoms with Gasteiger partial charge in [-0.25, -0.2) is 0 Å². The molecule has 2 heterocycles. The van der Waals surface area contributed by atoms with Crippen LogP contribution >= 0.6 is 11.6 Å². The second kappa shape index (κ2) is 9.75. The highest BCUT2D eigenvalue weighted by Gasteiger charge is 2.39. The number of aryl methyl sites for hydroxylation is 1. The lowest BCUT2D eigenvalue weighted by molar-refractivity contribution is -0.120. The molecule has 2 amide bonds. The van der Waals surface area contributed by atoms with Gasteiger partial charge in [-0.2, -0.15) is 0 Å². The zero-order valence-electron chi connectivity index (χ0n) is 19.2. The second-order valence-corrected chi connectivity index (χ2v) is 8.77. The van der Waals surface area contributed by atoms with Gasteiger partial charge in [-0.3, -0.25) is 14.6 Å². The van der Waals surface area contributed by atoms with Crippen LogP contribution in [0, 0.1) is 0 Å². The van der Waals surface area contributed by atoms with Crippen molar-refractivity contribution in [1.82, 2.24) is 4.98 Å². The number of benzene rings is 2. The van der Waals surface area contributed by atoms with E-state index in [1.807, 2.05) is 62.4 Å². The first kappa shape index (κ1) is 23.0. The van der Waals surface area contributed by atoms with Gasteiger partial charge in [0.1, 0.15) is 0 Å². The summed E-state index contributed by atoms with van der Waals surface area (Å²) >= 11 is 6.04. The van der Waals surface area contributed by atoms with Crippen LogP contribution in [0.2, 0.25) is 5.02 Å². The number of halogens is 1. The highest BCUT2D eigenvalue weighted by Crippen LogP contribution is 2.39. The number of likely N-dealkylation sites (N-methyl/N-ethyl adjacent to an activating group) is 1. The van der Waals surface area contributed by atoms with Crippen LogP contribution in [0.4, 0.5) is 11.4 Å². The fourth-order valence-corrected chi connectivity index (χ4v) is 4.63. The summed E-state index contributed by atoms with van der Waals surface area (Å²) in [5, 5.41) is 0.627. The quantitative estimate of drug-likeness (QED) is 0.477. The maximum atomic E-state index is 13.7. The van der Waals surface area contributed by atoms with Crippen molar-refractivity contribution in [2.45, 2.75) is 45.6 Å². The van der Waals surface area contributed by atoms with Gasteiger partial charge in [-0.05, 0) is 80.8 Å². The fraction of sp³-hybridized carbons (Fsp3) is 0.296. The molecule has 1 aliphatic heterocycles. The van der Waals surface area contributed by atoms with Gasteiger partial charge < -0.3 is 9.80 Å². The molecule has 2 atom stereocenters. The van der Waals surface area contributed by atoms with Crippen molar-refractivity contribution in [3.05, 3.63) is 88.7 Å². The van der Waals surface area contributed by atoms with Crippen molar-refractivity contribution in [1.29, 1.82) is 0 Å². The summed E-state index contributed by atoms with van der Waals surface area (Å²) in [4.78, 5) is 35.3. The molecule has 0 bridgehead atoms. The van der Waals surface area contributed by atoms with E-state index in [2.05, 4.69) is 11.9 Å². The van der Waals surface area contributed by atoms with Gasteiger partial charge >= 0.3 is 0 Å². The SMILES string of the molecule is CCc1ccc(C(=O)N2c3cccnc3[C@@H](C(=O)N(CC)c3ccc(Cl)cc3)C[C@@H]2C)cc1. The first-order valence-corrected chi connectivity index (χ1v) is 11.8. The number of carbonyl (C=O) groups is 2. The van der Waals surface area contributed by atoms with E-state index in [0.717, 1.165) is 12.1 Å². The van der Waals surface area contributed by atoms with E-state index in [-0.39, 0.29) is 17.9 Å². The van der Waals surface area contributed by atoms with E-state index in [9.17, 15) is 9.59 Å². The number of fused-ring (bicyclic) bond motifs is 1. The van der Waals surface area contributed by atoms with E-state index >= 15 is 0 Å². The van der Waals surface area contributed by atoms with Gasteiger partial charge in [-0.15, -0.1) is 0 Å². The molecule has 5 nitrogen and oxygen atoms in total. The van der Waals surface area contributed by atoms with Crippen LogP contribution in [0.15, 0.2) is 66.9 Å². The topological polar surface area (TPSA) is 53.5 Å². The van der Waals surface area contributed by atoms with E-state index in [1.54, 1.807) is 28.1 Å². The summed E-state index contributed by atoms with van der Waals surface area (Å²) in [5.41, 5.74) is 3.97. The number of amides is 2. The molecule has 3 aromatic rings. The largest absolute Gasteiger partial charge is 0.312 e. The minimum atomic E-state index is -0.432. The van der Waals surface area contributed by atoms with Gasteiger partial charge in [0, 0.05) is 35.1 Å². The Morgan fingerprint density at radius 1 is 1.06 bits per heavy atom. The Balaban J connectivity index is 1.68. The highest BCUT2D eigenvalue weighted by atomic mass is 35.5. The zero-order valence-corrected chi connectivity index (χ0v) is 19.9. The van der Waals surface area contributed by atoms with Crippen molar-refractivity contribution in [3.63, 3.8) is 0 Å². The van der Waals surface area contributed by atoms with Crippen LogP contribution in [0.5, 0.6) is 0 Å². The number of hydrogen-bond acceptors (Lipinski definition) is 3. The predicted molar refractivity (Wildman–Crippen MR) is 133 cm³/mol. The molecule has 6 heteroatoms. The third-order valence-corrected chi connectivity index (χ3v) is 6.52. The molecule has 4 rings (SSSR count). The predicted octanol–water partition coefficient (Wildman–Crippen LogP) is 5.87. The molecule has 33 heavy (non-hydrogen) atoms. The van der Waals surface area contributed by atoms with Crippen LogP contribution in [-0.2, 0) is 11.2 Å². The lowest BCUT2D eigenvalue weighted by atomic mass is 9.87.